The number of nitrogens with one attached hydrogen (secondary N) is 2. The van der Waals surface area contributed by atoms with Gasteiger partial charge in [0.25, 0.3) is 0 Å². The average molecular weight is 497 g/mol. The van der Waals surface area contributed by atoms with Crippen molar-refractivity contribution in [3.05, 3.63) is 70.8 Å². The van der Waals surface area contributed by atoms with E-state index in [1.54, 1.807) is 0 Å². The van der Waals surface area contributed by atoms with Crippen LogP contribution in [0.2, 0.25) is 0 Å². The molecule has 3 N–H and O–H groups in total. The molecule has 2 amide bonds. The van der Waals surface area contributed by atoms with Crippen LogP contribution in [0.1, 0.15) is 82.8 Å². The highest BCUT2D eigenvalue weighted by molar-refractivity contribution is 5.69. The van der Waals surface area contributed by atoms with Gasteiger partial charge in [0.2, 0.25) is 0 Å². The summed E-state index contributed by atoms with van der Waals surface area (Å²) in [4.78, 5) is 23.6. The van der Waals surface area contributed by atoms with E-state index in [0.717, 1.165) is 17.5 Å². The summed E-state index contributed by atoms with van der Waals surface area (Å²) < 4.78 is 10.5. The molecule has 196 valence electrons. The number of aliphatic hydroxyl groups is 1. The lowest BCUT2D eigenvalue weighted by molar-refractivity contribution is 0.0436. The molecule has 4 rings (SSSR count). The van der Waals surface area contributed by atoms with Crippen LogP contribution in [0.15, 0.2) is 48.5 Å². The normalized spacial score (nSPS) is 22.4. The third-order valence-electron chi connectivity index (χ3n) is 6.05. The summed E-state index contributed by atoms with van der Waals surface area (Å²) in [5.74, 6) is 0.412. The topological polar surface area (TPSA) is 96.9 Å². The summed E-state index contributed by atoms with van der Waals surface area (Å²) in [5, 5.41) is 15.7. The van der Waals surface area contributed by atoms with E-state index < -0.39 is 23.4 Å². The minimum absolute atomic E-state index is 0.0658. The molecule has 0 radical (unpaired) electrons. The molecule has 0 spiro atoms. The summed E-state index contributed by atoms with van der Waals surface area (Å²) in [5.41, 5.74) is 3.60. The second-order valence-electron chi connectivity index (χ2n) is 11.6. The smallest absolute Gasteiger partial charge is 0.408 e. The number of rotatable bonds is 2. The number of fused-ring (bicyclic) bond motifs is 2. The van der Waals surface area contributed by atoms with Crippen molar-refractivity contribution in [2.75, 3.05) is 0 Å². The number of amides is 2. The molecule has 0 saturated carbocycles. The highest BCUT2D eigenvalue weighted by atomic mass is 16.6. The summed E-state index contributed by atoms with van der Waals surface area (Å²) in [6.07, 6.45) is 0.155. The van der Waals surface area contributed by atoms with E-state index in [9.17, 15) is 14.7 Å². The van der Waals surface area contributed by atoms with Crippen LogP contribution >= 0.6 is 0 Å². The van der Waals surface area contributed by atoms with E-state index in [1.165, 1.54) is 11.1 Å². The molecule has 0 aliphatic heterocycles. The minimum atomic E-state index is -0.588. The van der Waals surface area contributed by atoms with E-state index in [1.807, 2.05) is 77.9 Å². The third kappa shape index (κ3) is 7.47. The van der Waals surface area contributed by atoms with Gasteiger partial charge in [-0.05, 0) is 76.1 Å². The number of benzene rings is 2. The van der Waals surface area contributed by atoms with Gasteiger partial charge < -0.3 is 25.2 Å². The zero-order valence-corrected chi connectivity index (χ0v) is 22.4. The Morgan fingerprint density at radius 1 is 0.750 bits per heavy atom. The number of carbonyl (C=O) groups is 2. The molecule has 4 atom stereocenters. The quantitative estimate of drug-likeness (QED) is 0.502. The highest BCUT2D eigenvalue weighted by Crippen LogP contribution is 2.35. The van der Waals surface area contributed by atoms with Crippen molar-refractivity contribution >= 4 is 12.2 Å². The van der Waals surface area contributed by atoms with E-state index in [2.05, 4.69) is 29.7 Å². The van der Waals surface area contributed by atoms with E-state index in [4.69, 9.17) is 9.47 Å². The Labute approximate surface area is 214 Å². The minimum Gasteiger partial charge on any atom is -0.444 e. The lowest BCUT2D eigenvalue weighted by atomic mass is 10.0. The molecule has 0 heterocycles. The van der Waals surface area contributed by atoms with Crippen LogP contribution in [-0.4, -0.2) is 34.6 Å². The van der Waals surface area contributed by atoms with Crippen molar-refractivity contribution in [2.24, 2.45) is 5.92 Å². The number of aliphatic hydroxyl groups excluding tert-OH is 1. The van der Waals surface area contributed by atoms with Crippen LogP contribution in [0.25, 0.3) is 0 Å². The van der Waals surface area contributed by atoms with Gasteiger partial charge in [-0.2, -0.15) is 0 Å². The van der Waals surface area contributed by atoms with Gasteiger partial charge >= 0.3 is 12.2 Å². The monoisotopic (exact) mass is 496 g/mol. The van der Waals surface area contributed by atoms with Crippen LogP contribution in [0.4, 0.5) is 9.59 Å². The maximum absolute atomic E-state index is 11.8. The standard InChI is InChI=1S/C15H21NO2.C14H19NO3/c1-10-9-11-7-5-6-8-12(11)13(10)16-14(17)18-15(2,3)4;1-14(2,3)18-13(17)15-12-10-7-5-4-6-9(10)8-11(12)16/h5-8,10,13H,9H2,1-4H3,(H,16,17);4-7,11-12,16H,8H2,1-3H3,(H,15,17)/t10-,13-;11-,12+/m11/s1. The summed E-state index contributed by atoms with van der Waals surface area (Å²) >= 11 is 0. The van der Waals surface area contributed by atoms with E-state index >= 15 is 0 Å². The van der Waals surface area contributed by atoms with Gasteiger partial charge in [0.05, 0.1) is 18.2 Å². The fourth-order valence-electron chi connectivity index (χ4n) is 4.63. The molecular formula is C29H40N2O5. The Balaban J connectivity index is 0.000000201. The molecule has 0 unspecified atom stereocenters. The first-order valence-electron chi connectivity index (χ1n) is 12.6. The van der Waals surface area contributed by atoms with Crippen LogP contribution in [0, 0.1) is 5.92 Å². The molecule has 36 heavy (non-hydrogen) atoms. The first-order valence-corrected chi connectivity index (χ1v) is 12.6. The van der Waals surface area contributed by atoms with Gasteiger partial charge in [-0.25, -0.2) is 9.59 Å². The second kappa shape index (κ2) is 10.9. The van der Waals surface area contributed by atoms with Crippen LogP contribution in [0.3, 0.4) is 0 Å². The third-order valence-corrected chi connectivity index (χ3v) is 6.05. The van der Waals surface area contributed by atoms with Gasteiger partial charge in [0, 0.05) is 6.42 Å². The Morgan fingerprint density at radius 2 is 1.17 bits per heavy atom. The highest BCUT2D eigenvalue weighted by Gasteiger charge is 2.33. The second-order valence-corrected chi connectivity index (χ2v) is 11.6. The van der Waals surface area contributed by atoms with Crippen molar-refractivity contribution in [3.8, 4) is 0 Å². The number of hydrogen-bond acceptors (Lipinski definition) is 5. The predicted octanol–water partition coefficient (Wildman–Crippen LogP) is 5.61. The Morgan fingerprint density at radius 3 is 1.67 bits per heavy atom. The van der Waals surface area contributed by atoms with Gasteiger partial charge in [-0.1, -0.05) is 55.5 Å². The molecule has 2 aromatic rings. The van der Waals surface area contributed by atoms with Crippen molar-refractivity contribution in [1.29, 1.82) is 0 Å². The SMILES string of the molecule is CC(C)(C)OC(=O)N[C@H]1c2ccccc2C[C@H]1O.C[C@@H]1Cc2ccccc2[C@@H]1NC(=O)OC(C)(C)C. The van der Waals surface area contributed by atoms with Crippen molar-refractivity contribution in [2.45, 2.75) is 90.7 Å². The fourth-order valence-corrected chi connectivity index (χ4v) is 4.63. The van der Waals surface area contributed by atoms with Gasteiger partial charge in [-0.15, -0.1) is 0 Å². The maximum Gasteiger partial charge on any atom is 0.408 e. The fraction of sp³-hybridized carbons (Fsp3) is 0.517. The Bertz CT molecular complexity index is 984. The van der Waals surface area contributed by atoms with Crippen molar-refractivity contribution < 1.29 is 24.2 Å². The largest absolute Gasteiger partial charge is 0.444 e. The van der Waals surface area contributed by atoms with Crippen molar-refractivity contribution in [1.82, 2.24) is 10.6 Å². The van der Waals surface area contributed by atoms with Crippen LogP contribution in [0.5, 0.6) is 0 Å². The van der Waals surface area contributed by atoms with E-state index in [-0.39, 0.29) is 18.2 Å². The Hall–Kier alpha value is -3.06. The number of ether oxygens (including phenoxy) is 2. The number of alkyl carbamates (subject to hydrolysis) is 2. The molecule has 2 aliphatic rings. The molecular weight excluding hydrogens is 456 g/mol. The lowest BCUT2D eigenvalue weighted by Gasteiger charge is -2.24. The van der Waals surface area contributed by atoms with E-state index in [0.29, 0.717) is 12.3 Å². The molecule has 2 aromatic carbocycles. The first kappa shape index (κ1) is 27.5. The zero-order chi connectivity index (χ0) is 26.7. The van der Waals surface area contributed by atoms with Gasteiger partial charge in [0.15, 0.2) is 0 Å². The summed E-state index contributed by atoms with van der Waals surface area (Å²) in [6, 6.07) is 15.7. The molecule has 0 saturated heterocycles. The summed E-state index contributed by atoms with van der Waals surface area (Å²) in [7, 11) is 0. The molecule has 0 fully saturated rings. The molecule has 7 heteroatoms. The predicted molar refractivity (Wildman–Crippen MR) is 140 cm³/mol. The van der Waals surface area contributed by atoms with Crippen LogP contribution in [-0.2, 0) is 22.3 Å². The molecule has 0 aromatic heterocycles. The maximum atomic E-state index is 11.8. The molecule has 7 nitrogen and oxygen atoms in total. The summed E-state index contributed by atoms with van der Waals surface area (Å²) in [6.45, 7) is 13.2. The number of hydrogen-bond donors (Lipinski definition) is 3. The molecule has 0 bridgehead atoms. The van der Waals surface area contributed by atoms with Gasteiger partial charge in [0.1, 0.15) is 11.2 Å². The molecule has 2 aliphatic carbocycles. The lowest BCUT2D eigenvalue weighted by Crippen LogP contribution is -2.38. The zero-order valence-electron chi connectivity index (χ0n) is 22.4. The Kier molecular flexibility index (Phi) is 8.34. The average Bonchev–Trinajstić information content (AvgIpc) is 3.22. The van der Waals surface area contributed by atoms with Crippen molar-refractivity contribution in [3.63, 3.8) is 0 Å². The first-order chi connectivity index (χ1) is 16.7. The van der Waals surface area contributed by atoms with Gasteiger partial charge in [-0.3, -0.25) is 0 Å². The number of carbonyl (C=O) groups excluding carboxylic acids is 2. The van der Waals surface area contributed by atoms with Crippen LogP contribution < -0.4 is 10.6 Å².